The van der Waals surface area contributed by atoms with E-state index >= 15 is 0 Å². The van der Waals surface area contributed by atoms with Crippen molar-refractivity contribution in [1.82, 2.24) is 14.1 Å². The van der Waals surface area contributed by atoms with Crippen LogP contribution in [0.3, 0.4) is 0 Å². The van der Waals surface area contributed by atoms with Gasteiger partial charge in [0.1, 0.15) is 18.4 Å². The van der Waals surface area contributed by atoms with Gasteiger partial charge in [0, 0.05) is 18.7 Å². The van der Waals surface area contributed by atoms with Crippen LogP contribution >= 0.6 is 0 Å². The molecule has 0 fully saturated rings. The largest absolute Gasteiger partial charge is 0.421 e. The first-order valence-corrected chi connectivity index (χ1v) is 11.3. The van der Waals surface area contributed by atoms with Crippen molar-refractivity contribution in [1.29, 1.82) is 5.26 Å². The molecule has 0 spiro atoms. The molecule has 0 N–H and O–H groups in total. The lowest BCUT2D eigenvalue weighted by atomic mass is 10.1. The standard InChI is InChI=1S/C27H17FN4O8/c1-38-15-31-14-20(28)24(34)32(27(31)37)23(33)17-8-5-9-18(10-17)26(36)39-21-11-22(30-13-19(21)12-29)40-25(35)16-6-3-2-4-7-16/h2-11,13-14H,15H2,1H3. The number of aromatic nitrogens is 3. The lowest BCUT2D eigenvalue weighted by Crippen LogP contribution is -2.45. The summed E-state index contributed by atoms with van der Waals surface area (Å²) in [6.45, 7) is -0.425. The Bertz CT molecular complexity index is 1790. The fourth-order valence-electron chi connectivity index (χ4n) is 3.42. The fraction of sp³-hybridized carbons (Fsp3) is 0.0741. The van der Waals surface area contributed by atoms with Crippen molar-refractivity contribution < 1.29 is 33.0 Å². The van der Waals surface area contributed by atoms with Crippen LogP contribution in [0.4, 0.5) is 4.39 Å². The van der Waals surface area contributed by atoms with E-state index in [0.29, 0.717) is 10.8 Å². The molecule has 200 valence electrons. The number of hydrogen-bond acceptors (Lipinski definition) is 10. The number of nitriles is 1. The maximum absolute atomic E-state index is 14.1. The van der Waals surface area contributed by atoms with Gasteiger partial charge < -0.3 is 14.2 Å². The molecule has 2 aromatic carbocycles. The Morgan fingerprint density at radius 2 is 1.62 bits per heavy atom. The van der Waals surface area contributed by atoms with Crippen LogP contribution in [0.25, 0.3) is 0 Å². The van der Waals surface area contributed by atoms with Gasteiger partial charge >= 0.3 is 17.6 Å². The molecule has 12 nitrogen and oxygen atoms in total. The van der Waals surface area contributed by atoms with Crippen molar-refractivity contribution in [2.75, 3.05) is 7.11 Å². The topological polar surface area (TPSA) is 160 Å². The number of ether oxygens (including phenoxy) is 3. The van der Waals surface area contributed by atoms with E-state index in [0.717, 1.165) is 18.3 Å². The van der Waals surface area contributed by atoms with Crippen molar-refractivity contribution in [3.8, 4) is 17.7 Å². The highest BCUT2D eigenvalue weighted by atomic mass is 19.1. The minimum atomic E-state index is -1.48. The summed E-state index contributed by atoms with van der Waals surface area (Å²) in [5.41, 5.74) is -3.08. The highest BCUT2D eigenvalue weighted by Crippen LogP contribution is 2.24. The Balaban J connectivity index is 1.61. The monoisotopic (exact) mass is 544 g/mol. The van der Waals surface area contributed by atoms with Crippen molar-refractivity contribution in [3.63, 3.8) is 0 Å². The Labute approximate surface area is 224 Å². The van der Waals surface area contributed by atoms with Gasteiger partial charge in [0.15, 0.2) is 5.75 Å². The molecule has 0 bridgehead atoms. The number of pyridine rings is 1. The van der Waals surface area contributed by atoms with Crippen molar-refractivity contribution in [2.24, 2.45) is 0 Å². The first-order valence-electron chi connectivity index (χ1n) is 11.3. The molecule has 0 atom stereocenters. The molecule has 0 aliphatic heterocycles. The summed E-state index contributed by atoms with van der Waals surface area (Å²) >= 11 is 0. The molecule has 4 rings (SSSR count). The summed E-state index contributed by atoms with van der Waals surface area (Å²) in [5, 5.41) is 9.39. The average molecular weight is 544 g/mol. The predicted molar refractivity (Wildman–Crippen MR) is 133 cm³/mol. The van der Waals surface area contributed by atoms with Crippen LogP contribution in [0.2, 0.25) is 0 Å². The third-order valence-corrected chi connectivity index (χ3v) is 5.30. The van der Waals surface area contributed by atoms with E-state index in [1.807, 2.05) is 0 Å². The van der Waals surface area contributed by atoms with Crippen LogP contribution in [0.5, 0.6) is 11.6 Å². The molecule has 13 heteroatoms. The number of carbonyl (C=O) groups excluding carboxylic acids is 3. The van der Waals surface area contributed by atoms with Crippen molar-refractivity contribution in [3.05, 3.63) is 122 Å². The molecule has 0 aliphatic rings. The molecule has 0 saturated heterocycles. The van der Waals surface area contributed by atoms with E-state index in [1.165, 1.54) is 37.4 Å². The van der Waals surface area contributed by atoms with E-state index in [1.54, 1.807) is 24.3 Å². The molecule has 0 unspecified atom stereocenters. The molecule has 4 aromatic rings. The van der Waals surface area contributed by atoms with Crippen molar-refractivity contribution >= 4 is 17.8 Å². The fourth-order valence-corrected chi connectivity index (χ4v) is 3.42. The highest BCUT2D eigenvalue weighted by molar-refractivity contribution is 5.99. The van der Waals surface area contributed by atoms with E-state index in [-0.39, 0.29) is 38.5 Å². The van der Waals surface area contributed by atoms with Gasteiger partial charge in [0.05, 0.1) is 23.5 Å². The third kappa shape index (κ3) is 5.72. The summed E-state index contributed by atoms with van der Waals surface area (Å²) in [7, 11) is 1.23. The van der Waals surface area contributed by atoms with E-state index in [9.17, 15) is 33.6 Å². The van der Waals surface area contributed by atoms with Gasteiger partial charge in [0.25, 0.3) is 11.5 Å². The lowest BCUT2D eigenvalue weighted by Gasteiger charge is -2.10. The lowest BCUT2D eigenvalue weighted by molar-refractivity contribution is 0.0726. The zero-order valence-corrected chi connectivity index (χ0v) is 20.6. The van der Waals surface area contributed by atoms with Gasteiger partial charge in [-0.05, 0) is 30.3 Å². The molecule has 2 heterocycles. The van der Waals surface area contributed by atoms with Crippen LogP contribution in [-0.4, -0.2) is 39.1 Å². The Morgan fingerprint density at radius 1 is 0.950 bits per heavy atom. The number of hydrogen-bond donors (Lipinski definition) is 0. The predicted octanol–water partition coefficient (Wildman–Crippen LogP) is 2.15. The average Bonchev–Trinajstić information content (AvgIpc) is 2.96. The first kappa shape index (κ1) is 27.3. The van der Waals surface area contributed by atoms with Crippen LogP contribution in [-0.2, 0) is 11.5 Å². The molecular formula is C27H17FN4O8. The normalized spacial score (nSPS) is 10.4. The number of nitrogens with zero attached hydrogens (tertiary/aromatic N) is 4. The summed E-state index contributed by atoms with van der Waals surface area (Å²) in [5.74, 6) is -4.90. The summed E-state index contributed by atoms with van der Waals surface area (Å²) < 4.78 is 30.1. The quantitative estimate of drug-likeness (QED) is 0.315. The number of rotatable bonds is 7. The molecule has 2 aromatic heterocycles. The summed E-state index contributed by atoms with van der Waals surface area (Å²) in [4.78, 5) is 66.9. The number of benzene rings is 2. The van der Waals surface area contributed by atoms with Gasteiger partial charge in [0.2, 0.25) is 11.7 Å². The van der Waals surface area contributed by atoms with Gasteiger partial charge in [-0.15, -0.1) is 0 Å². The van der Waals surface area contributed by atoms with E-state index in [2.05, 4.69) is 4.98 Å². The summed E-state index contributed by atoms with van der Waals surface area (Å²) in [6.07, 6.45) is 1.65. The number of carbonyl (C=O) groups is 3. The molecule has 0 saturated carbocycles. The smallest absolute Gasteiger partial charge is 0.344 e. The maximum atomic E-state index is 14.1. The molecule has 40 heavy (non-hydrogen) atoms. The molecule has 0 radical (unpaired) electrons. The van der Waals surface area contributed by atoms with Crippen LogP contribution in [0.15, 0.2) is 82.6 Å². The molecular weight excluding hydrogens is 527 g/mol. The van der Waals surface area contributed by atoms with Crippen molar-refractivity contribution in [2.45, 2.75) is 6.73 Å². The number of methoxy groups -OCH3 is 1. The Hall–Kier alpha value is -5.74. The molecule has 0 aliphatic carbocycles. The summed E-state index contributed by atoms with van der Waals surface area (Å²) in [6, 6.07) is 15.6. The SMILES string of the molecule is COCn1cc(F)c(=O)n(C(=O)c2cccc(C(=O)Oc3cc(OC(=O)c4ccccc4)ncc3C#N)c2)c1=O. The second-order valence-electron chi connectivity index (χ2n) is 7.95. The van der Waals surface area contributed by atoms with E-state index < -0.39 is 41.6 Å². The Morgan fingerprint density at radius 3 is 2.33 bits per heavy atom. The third-order valence-electron chi connectivity index (χ3n) is 5.30. The second-order valence-corrected chi connectivity index (χ2v) is 7.95. The van der Waals surface area contributed by atoms with Gasteiger partial charge in [-0.3, -0.25) is 14.2 Å². The van der Waals surface area contributed by atoms with Gasteiger partial charge in [-0.2, -0.15) is 14.2 Å². The van der Waals surface area contributed by atoms with Gasteiger partial charge in [-0.1, -0.05) is 24.3 Å². The minimum absolute atomic E-state index is 0.0722. The first-order chi connectivity index (χ1) is 19.2. The number of halogens is 1. The second kappa shape index (κ2) is 11.8. The number of esters is 2. The zero-order chi connectivity index (χ0) is 28.8. The zero-order valence-electron chi connectivity index (χ0n) is 20.6. The van der Waals surface area contributed by atoms with Crippen LogP contribution < -0.4 is 20.7 Å². The minimum Gasteiger partial charge on any atom is -0.421 e. The molecule has 0 amide bonds. The maximum Gasteiger partial charge on any atom is 0.344 e. The van der Waals surface area contributed by atoms with Crippen LogP contribution in [0.1, 0.15) is 36.6 Å². The van der Waals surface area contributed by atoms with Crippen LogP contribution in [0, 0.1) is 17.1 Å². The van der Waals surface area contributed by atoms with Gasteiger partial charge in [-0.25, -0.2) is 19.4 Å². The Kier molecular flexibility index (Phi) is 8.02. The van der Waals surface area contributed by atoms with E-state index in [4.69, 9.17) is 14.2 Å². The highest BCUT2D eigenvalue weighted by Gasteiger charge is 2.21.